The van der Waals surface area contributed by atoms with Gasteiger partial charge in [0.25, 0.3) is 0 Å². The van der Waals surface area contributed by atoms with E-state index in [1.54, 1.807) is 24.3 Å². The molecule has 1 aliphatic rings. The summed E-state index contributed by atoms with van der Waals surface area (Å²) in [6, 6.07) is 24.2. The minimum atomic E-state index is -3.56. The van der Waals surface area contributed by atoms with Crippen LogP contribution in [0.4, 0.5) is 5.69 Å². The molecule has 0 bridgehead atoms. The summed E-state index contributed by atoms with van der Waals surface area (Å²) in [6.07, 6.45) is 0. The molecule has 5 heteroatoms. The first-order valence-corrected chi connectivity index (χ1v) is 9.86. The fourth-order valence-electron chi connectivity index (χ4n) is 3.29. The average molecular weight is 360 g/mol. The molecule has 0 fully saturated rings. The zero-order valence-corrected chi connectivity index (χ0v) is 14.8. The molecule has 3 aromatic carbocycles. The normalized spacial score (nSPS) is 12.8. The van der Waals surface area contributed by atoms with Crippen LogP contribution in [0.25, 0.3) is 11.1 Å². The van der Waals surface area contributed by atoms with E-state index in [1.165, 1.54) is 4.31 Å². The van der Waals surface area contributed by atoms with Gasteiger partial charge >= 0.3 is 0 Å². The zero-order valence-electron chi connectivity index (χ0n) is 14.0. The average Bonchev–Trinajstić information content (AvgIpc) is 2.67. The van der Waals surface area contributed by atoms with Crippen LogP contribution in [-0.4, -0.2) is 8.42 Å². The number of benzene rings is 3. The SMILES string of the molecule is N#Cc1ccc(CS(=O)(=O)N2Cc3ccccc3-c3ccccc32)cc1. The van der Waals surface area contributed by atoms with Crippen LogP contribution in [0.2, 0.25) is 0 Å². The highest BCUT2D eigenvalue weighted by molar-refractivity contribution is 7.92. The Morgan fingerprint density at radius 1 is 0.885 bits per heavy atom. The number of hydrogen-bond acceptors (Lipinski definition) is 3. The number of nitrogens with zero attached hydrogens (tertiary/aromatic N) is 2. The van der Waals surface area contributed by atoms with Crippen LogP contribution in [0, 0.1) is 11.3 Å². The Hall–Kier alpha value is -3.10. The van der Waals surface area contributed by atoms with Crippen molar-refractivity contribution in [2.24, 2.45) is 0 Å². The molecule has 128 valence electrons. The van der Waals surface area contributed by atoms with E-state index in [2.05, 4.69) is 0 Å². The summed E-state index contributed by atoms with van der Waals surface area (Å²) in [5, 5.41) is 8.89. The summed E-state index contributed by atoms with van der Waals surface area (Å²) in [5.41, 5.74) is 4.89. The second-order valence-corrected chi connectivity index (χ2v) is 8.14. The molecule has 0 saturated carbocycles. The fraction of sp³-hybridized carbons (Fsp3) is 0.0952. The highest BCUT2D eigenvalue weighted by Crippen LogP contribution is 2.40. The smallest absolute Gasteiger partial charge is 0.239 e. The molecule has 0 atom stereocenters. The molecule has 0 unspecified atom stereocenters. The van der Waals surface area contributed by atoms with E-state index >= 15 is 0 Å². The lowest BCUT2D eigenvalue weighted by Crippen LogP contribution is -2.34. The van der Waals surface area contributed by atoms with Crippen molar-refractivity contribution in [3.8, 4) is 17.2 Å². The molecular weight excluding hydrogens is 344 g/mol. The molecule has 0 spiro atoms. The van der Waals surface area contributed by atoms with Crippen molar-refractivity contribution in [3.05, 3.63) is 89.5 Å². The van der Waals surface area contributed by atoms with E-state index in [0.717, 1.165) is 16.7 Å². The third-order valence-electron chi connectivity index (χ3n) is 4.56. The lowest BCUT2D eigenvalue weighted by molar-refractivity contribution is 0.589. The predicted molar refractivity (Wildman–Crippen MR) is 102 cm³/mol. The quantitative estimate of drug-likeness (QED) is 0.707. The maximum Gasteiger partial charge on any atom is 0.239 e. The Morgan fingerprint density at radius 2 is 1.54 bits per heavy atom. The molecular formula is C21H16N2O2S. The summed E-state index contributed by atoms with van der Waals surface area (Å²) in [6.45, 7) is 0.325. The minimum absolute atomic E-state index is 0.102. The van der Waals surface area contributed by atoms with Crippen LogP contribution in [0.15, 0.2) is 72.8 Å². The Labute approximate surface area is 153 Å². The molecule has 0 radical (unpaired) electrons. The molecule has 1 heterocycles. The summed E-state index contributed by atoms with van der Waals surface area (Å²) in [5.74, 6) is -0.102. The van der Waals surface area contributed by atoms with Crippen molar-refractivity contribution < 1.29 is 8.42 Å². The number of fused-ring (bicyclic) bond motifs is 3. The maximum absolute atomic E-state index is 13.1. The van der Waals surface area contributed by atoms with Gasteiger partial charge in [-0.25, -0.2) is 8.42 Å². The van der Waals surface area contributed by atoms with E-state index in [-0.39, 0.29) is 5.75 Å². The van der Waals surface area contributed by atoms with E-state index in [0.29, 0.717) is 23.4 Å². The monoisotopic (exact) mass is 360 g/mol. The maximum atomic E-state index is 13.1. The Kier molecular flexibility index (Phi) is 3.98. The van der Waals surface area contributed by atoms with Gasteiger partial charge in [-0.15, -0.1) is 0 Å². The lowest BCUT2D eigenvalue weighted by Gasteiger charge is -2.32. The molecule has 0 amide bonds. The number of anilines is 1. The molecule has 1 aliphatic heterocycles. The number of para-hydroxylation sites is 1. The van der Waals surface area contributed by atoms with Crippen LogP contribution in [0.3, 0.4) is 0 Å². The number of hydrogen-bond donors (Lipinski definition) is 0. The second-order valence-electron chi connectivity index (χ2n) is 6.25. The van der Waals surface area contributed by atoms with E-state index in [4.69, 9.17) is 5.26 Å². The molecule has 0 aliphatic carbocycles. The lowest BCUT2D eigenvalue weighted by atomic mass is 9.95. The molecule has 0 saturated heterocycles. The first-order chi connectivity index (χ1) is 12.6. The van der Waals surface area contributed by atoms with Gasteiger partial charge in [-0.2, -0.15) is 5.26 Å². The van der Waals surface area contributed by atoms with Crippen molar-refractivity contribution in [1.82, 2.24) is 0 Å². The fourth-order valence-corrected chi connectivity index (χ4v) is 4.86. The Balaban J connectivity index is 1.74. The van der Waals surface area contributed by atoms with E-state index in [9.17, 15) is 8.42 Å². The van der Waals surface area contributed by atoms with Gasteiger partial charge in [0.1, 0.15) is 0 Å². The molecule has 26 heavy (non-hydrogen) atoms. The Bertz CT molecular complexity index is 1110. The van der Waals surface area contributed by atoms with Gasteiger partial charge in [0.05, 0.1) is 29.6 Å². The van der Waals surface area contributed by atoms with Gasteiger partial charge in [-0.05, 0) is 34.9 Å². The summed E-state index contributed by atoms with van der Waals surface area (Å²) in [7, 11) is -3.56. The van der Waals surface area contributed by atoms with Gasteiger partial charge in [0, 0.05) is 5.56 Å². The minimum Gasteiger partial charge on any atom is -0.265 e. The van der Waals surface area contributed by atoms with Crippen molar-refractivity contribution in [2.75, 3.05) is 4.31 Å². The first-order valence-electron chi connectivity index (χ1n) is 8.25. The van der Waals surface area contributed by atoms with Crippen LogP contribution < -0.4 is 4.31 Å². The molecule has 3 aromatic rings. The van der Waals surface area contributed by atoms with E-state index < -0.39 is 10.0 Å². The van der Waals surface area contributed by atoms with Crippen LogP contribution in [0.5, 0.6) is 0 Å². The number of nitriles is 1. The number of sulfonamides is 1. The molecule has 0 N–H and O–H groups in total. The molecule has 4 nitrogen and oxygen atoms in total. The van der Waals surface area contributed by atoms with Gasteiger partial charge < -0.3 is 0 Å². The van der Waals surface area contributed by atoms with E-state index in [1.807, 2.05) is 54.6 Å². The van der Waals surface area contributed by atoms with Gasteiger partial charge in [-0.3, -0.25) is 4.31 Å². The number of rotatable bonds is 3. The third-order valence-corrected chi connectivity index (χ3v) is 6.26. The highest BCUT2D eigenvalue weighted by Gasteiger charge is 2.30. The third kappa shape index (κ3) is 2.85. The highest BCUT2D eigenvalue weighted by atomic mass is 32.2. The zero-order chi connectivity index (χ0) is 18.1. The van der Waals surface area contributed by atoms with Crippen molar-refractivity contribution in [1.29, 1.82) is 5.26 Å². The van der Waals surface area contributed by atoms with Crippen LogP contribution in [0.1, 0.15) is 16.7 Å². The summed E-state index contributed by atoms with van der Waals surface area (Å²) in [4.78, 5) is 0. The standard InChI is InChI=1S/C21H16N2O2S/c22-13-16-9-11-17(12-10-16)15-26(24,25)23-14-18-5-1-2-6-19(18)20-7-3-4-8-21(20)23/h1-12H,14-15H2. The van der Waals surface area contributed by atoms with Gasteiger partial charge in [0.2, 0.25) is 10.0 Å². The molecule has 4 rings (SSSR count). The Morgan fingerprint density at radius 3 is 2.27 bits per heavy atom. The summed E-state index contributed by atoms with van der Waals surface area (Å²) >= 11 is 0. The van der Waals surface area contributed by atoms with Crippen molar-refractivity contribution in [3.63, 3.8) is 0 Å². The van der Waals surface area contributed by atoms with Gasteiger partial charge in [0.15, 0.2) is 0 Å². The van der Waals surface area contributed by atoms with Gasteiger partial charge in [-0.1, -0.05) is 54.6 Å². The van der Waals surface area contributed by atoms with Crippen molar-refractivity contribution in [2.45, 2.75) is 12.3 Å². The summed E-state index contributed by atoms with van der Waals surface area (Å²) < 4.78 is 27.8. The largest absolute Gasteiger partial charge is 0.265 e. The second kappa shape index (κ2) is 6.32. The first kappa shape index (κ1) is 16.4. The van der Waals surface area contributed by atoms with Crippen molar-refractivity contribution >= 4 is 15.7 Å². The molecule has 0 aromatic heterocycles. The predicted octanol–water partition coefficient (Wildman–Crippen LogP) is 4.08. The van der Waals surface area contributed by atoms with Crippen LogP contribution >= 0.6 is 0 Å². The van der Waals surface area contributed by atoms with Crippen LogP contribution in [-0.2, 0) is 22.3 Å². The topological polar surface area (TPSA) is 61.2 Å².